The predicted octanol–water partition coefficient (Wildman–Crippen LogP) is 2.62. The number of hydrogen-bond donors (Lipinski definition) is 1. The van der Waals surface area contributed by atoms with Crippen molar-refractivity contribution in [1.29, 1.82) is 0 Å². The zero-order chi connectivity index (χ0) is 12.8. The summed E-state index contributed by atoms with van der Waals surface area (Å²) in [6.45, 7) is 1.55. The lowest BCUT2D eigenvalue weighted by Crippen LogP contribution is -2.36. The second-order valence-corrected chi connectivity index (χ2v) is 5.96. The van der Waals surface area contributed by atoms with Gasteiger partial charge >= 0.3 is 0 Å². The Morgan fingerprint density at radius 2 is 2.22 bits per heavy atom. The van der Waals surface area contributed by atoms with E-state index in [1.807, 2.05) is 0 Å². The Hall–Kier alpha value is -0.640. The third-order valence-electron chi connectivity index (χ3n) is 3.99. The zero-order valence-corrected chi connectivity index (χ0v) is 11.0. The molecule has 1 N–H and O–H groups in total. The number of benzene rings is 1. The molecule has 1 saturated heterocycles. The maximum absolute atomic E-state index is 13.7. The van der Waals surface area contributed by atoms with Crippen LogP contribution in [0, 0.1) is 5.82 Å². The molecule has 0 radical (unpaired) electrons. The zero-order valence-electron chi connectivity index (χ0n) is 10.2. The maximum Gasteiger partial charge on any atom is 0.127 e. The molecule has 0 spiro atoms. The van der Waals surface area contributed by atoms with Crippen LogP contribution in [-0.4, -0.2) is 34.7 Å². The van der Waals surface area contributed by atoms with E-state index in [4.69, 9.17) is 11.6 Å². The van der Waals surface area contributed by atoms with Gasteiger partial charge in [-0.2, -0.15) is 0 Å². The molecule has 0 amide bonds. The van der Waals surface area contributed by atoms with Crippen molar-refractivity contribution in [3.63, 3.8) is 0 Å². The number of β-amino-alcohol motifs (C(OH)–C–C–N with tert-alkyl or cyclic N) is 1. The van der Waals surface area contributed by atoms with Crippen molar-refractivity contribution in [2.24, 2.45) is 0 Å². The van der Waals surface area contributed by atoms with Crippen molar-refractivity contribution in [1.82, 2.24) is 4.90 Å². The Balaban J connectivity index is 1.75. The molecule has 1 aromatic rings. The Morgan fingerprint density at radius 3 is 2.89 bits per heavy atom. The summed E-state index contributed by atoms with van der Waals surface area (Å²) >= 11 is 6.02. The summed E-state index contributed by atoms with van der Waals surface area (Å²) in [5.41, 5.74) is -0.381. The highest BCUT2D eigenvalue weighted by atomic mass is 35.5. The summed E-state index contributed by atoms with van der Waals surface area (Å²) in [7, 11) is 0. The average molecular weight is 270 g/mol. The van der Waals surface area contributed by atoms with Crippen molar-refractivity contribution in [2.45, 2.75) is 37.3 Å². The van der Waals surface area contributed by atoms with Crippen LogP contribution in [0.5, 0.6) is 0 Å². The fraction of sp³-hybridized carbons (Fsp3) is 0.571. The van der Waals surface area contributed by atoms with Crippen LogP contribution in [-0.2, 0) is 6.42 Å². The second kappa shape index (κ2) is 4.48. The molecule has 1 heterocycles. The lowest BCUT2D eigenvalue weighted by atomic mass is 9.93. The summed E-state index contributed by atoms with van der Waals surface area (Å²) in [6.07, 6.45) is 3.48. The van der Waals surface area contributed by atoms with Crippen molar-refractivity contribution < 1.29 is 9.50 Å². The molecule has 2 fully saturated rings. The number of aliphatic hydroxyl groups is 1. The van der Waals surface area contributed by atoms with Gasteiger partial charge in [-0.1, -0.05) is 17.7 Å². The minimum absolute atomic E-state index is 0.307. The lowest BCUT2D eigenvalue weighted by Gasteiger charge is -2.24. The SMILES string of the molecule is OC1(Cc2c(F)cccc2Cl)CCN(C2CC2)C1. The van der Waals surface area contributed by atoms with Crippen LogP contribution in [0.25, 0.3) is 0 Å². The van der Waals surface area contributed by atoms with Crippen molar-refractivity contribution in [3.8, 4) is 0 Å². The first-order valence-corrected chi connectivity index (χ1v) is 6.84. The van der Waals surface area contributed by atoms with Crippen LogP contribution in [0.1, 0.15) is 24.8 Å². The molecule has 1 aromatic carbocycles. The Morgan fingerprint density at radius 1 is 1.44 bits per heavy atom. The van der Waals surface area contributed by atoms with Crippen molar-refractivity contribution in [3.05, 3.63) is 34.6 Å². The van der Waals surface area contributed by atoms with E-state index in [1.165, 1.54) is 18.9 Å². The summed E-state index contributed by atoms with van der Waals surface area (Å²) in [5, 5.41) is 11.0. The van der Waals surface area contributed by atoms with Gasteiger partial charge in [0.1, 0.15) is 5.82 Å². The first-order valence-electron chi connectivity index (χ1n) is 6.47. The highest BCUT2D eigenvalue weighted by Gasteiger charge is 2.42. The van der Waals surface area contributed by atoms with E-state index < -0.39 is 5.60 Å². The molecule has 1 aliphatic carbocycles. The molecule has 98 valence electrons. The molecule has 18 heavy (non-hydrogen) atoms. The first-order chi connectivity index (χ1) is 8.57. The summed E-state index contributed by atoms with van der Waals surface area (Å²) < 4.78 is 13.7. The largest absolute Gasteiger partial charge is 0.388 e. The molecule has 2 nitrogen and oxygen atoms in total. The number of hydrogen-bond acceptors (Lipinski definition) is 2. The second-order valence-electron chi connectivity index (χ2n) is 5.55. The topological polar surface area (TPSA) is 23.5 Å². The standard InChI is InChI=1S/C14H17ClFNO/c15-12-2-1-3-13(16)11(12)8-14(18)6-7-17(9-14)10-4-5-10/h1-3,10,18H,4-9H2. The van der Waals surface area contributed by atoms with E-state index in [0.717, 1.165) is 6.54 Å². The monoisotopic (exact) mass is 269 g/mol. The Kier molecular flexibility index (Phi) is 3.08. The molecule has 3 rings (SSSR count). The number of rotatable bonds is 3. The molecule has 1 aliphatic heterocycles. The molecule has 1 unspecified atom stereocenters. The highest BCUT2D eigenvalue weighted by Crippen LogP contribution is 2.36. The molecule has 0 aromatic heterocycles. The predicted molar refractivity (Wildman–Crippen MR) is 69.3 cm³/mol. The molecular formula is C14H17ClFNO. The van der Waals surface area contributed by atoms with Gasteiger partial charge in [0.2, 0.25) is 0 Å². The maximum atomic E-state index is 13.7. The molecule has 1 saturated carbocycles. The number of halogens is 2. The lowest BCUT2D eigenvalue weighted by molar-refractivity contribution is 0.0479. The van der Waals surface area contributed by atoms with Crippen LogP contribution in [0.3, 0.4) is 0 Å². The number of likely N-dealkylation sites (tertiary alicyclic amines) is 1. The third kappa shape index (κ3) is 2.40. The van der Waals surface area contributed by atoms with E-state index >= 15 is 0 Å². The molecule has 0 bridgehead atoms. The summed E-state index contributed by atoms with van der Waals surface area (Å²) in [6, 6.07) is 5.32. The van der Waals surface area contributed by atoms with Crippen LogP contribution in [0.15, 0.2) is 18.2 Å². The van der Waals surface area contributed by atoms with Gasteiger partial charge in [0.15, 0.2) is 0 Å². The van der Waals surface area contributed by atoms with E-state index in [0.29, 0.717) is 36.0 Å². The fourth-order valence-electron chi connectivity index (χ4n) is 2.81. The van der Waals surface area contributed by atoms with Gasteiger partial charge in [0.05, 0.1) is 5.60 Å². The third-order valence-corrected chi connectivity index (χ3v) is 4.35. The van der Waals surface area contributed by atoms with Gasteiger partial charge < -0.3 is 5.11 Å². The van der Waals surface area contributed by atoms with Gasteiger partial charge in [-0.25, -0.2) is 4.39 Å². The van der Waals surface area contributed by atoms with Gasteiger partial charge in [-0.05, 0) is 31.4 Å². The van der Waals surface area contributed by atoms with Gasteiger partial charge in [-0.15, -0.1) is 0 Å². The van der Waals surface area contributed by atoms with Crippen LogP contribution in [0.2, 0.25) is 5.02 Å². The van der Waals surface area contributed by atoms with Gasteiger partial charge in [0.25, 0.3) is 0 Å². The quantitative estimate of drug-likeness (QED) is 0.912. The van der Waals surface area contributed by atoms with Gasteiger partial charge in [-0.3, -0.25) is 4.90 Å². The Bertz CT molecular complexity index is 443. The highest BCUT2D eigenvalue weighted by molar-refractivity contribution is 6.31. The number of nitrogens with zero attached hydrogens (tertiary/aromatic N) is 1. The molecule has 2 aliphatic rings. The molecule has 1 atom stereocenters. The van der Waals surface area contributed by atoms with E-state index in [2.05, 4.69) is 4.90 Å². The average Bonchev–Trinajstić information content (AvgIpc) is 3.09. The van der Waals surface area contributed by atoms with Crippen molar-refractivity contribution in [2.75, 3.05) is 13.1 Å². The van der Waals surface area contributed by atoms with Crippen LogP contribution >= 0.6 is 11.6 Å². The Labute approximate surface area is 111 Å². The van der Waals surface area contributed by atoms with E-state index in [-0.39, 0.29) is 5.82 Å². The minimum Gasteiger partial charge on any atom is -0.388 e. The smallest absolute Gasteiger partial charge is 0.127 e. The van der Waals surface area contributed by atoms with E-state index in [1.54, 1.807) is 12.1 Å². The first kappa shape index (κ1) is 12.4. The van der Waals surface area contributed by atoms with Gasteiger partial charge in [0, 0.05) is 36.1 Å². The van der Waals surface area contributed by atoms with E-state index in [9.17, 15) is 9.50 Å². The molecule has 4 heteroatoms. The normalized spacial score (nSPS) is 28.8. The van der Waals surface area contributed by atoms with Crippen molar-refractivity contribution >= 4 is 11.6 Å². The van der Waals surface area contributed by atoms with Crippen LogP contribution < -0.4 is 0 Å². The molecular weight excluding hydrogens is 253 g/mol. The summed E-state index contributed by atoms with van der Waals surface area (Å²) in [4.78, 5) is 2.31. The minimum atomic E-state index is -0.825. The summed E-state index contributed by atoms with van der Waals surface area (Å²) in [5.74, 6) is -0.319. The fourth-order valence-corrected chi connectivity index (χ4v) is 3.04. The van der Waals surface area contributed by atoms with Crippen LogP contribution in [0.4, 0.5) is 4.39 Å².